The zero-order valence-corrected chi connectivity index (χ0v) is 19.3. The summed E-state index contributed by atoms with van der Waals surface area (Å²) in [6.07, 6.45) is 8.32. The first kappa shape index (κ1) is 22.8. The fourth-order valence-corrected chi connectivity index (χ4v) is 4.14. The lowest BCUT2D eigenvalue weighted by molar-refractivity contribution is -0.124. The average molecular weight is 414 g/mol. The van der Waals surface area contributed by atoms with Gasteiger partial charge >= 0.3 is 0 Å². The lowest BCUT2D eigenvalue weighted by Gasteiger charge is -2.15. The molecule has 2 nitrogen and oxygen atoms in total. The number of unbranched alkanes of at least 4 members (excludes halogenated alkanes) is 2. The van der Waals surface area contributed by atoms with Crippen molar-refractivity contribution in [3.63, 3.8) is 0 Å². The number of benzene rings is 3. The number of aryl methyl sites for hydroxylation is 2. The molecule has 0 fully saturated rings. The van der Waals surface area contributed by atoms with Crippen LogP contribution in [0.4, 0.5) is 0 Å². The summed E-state index contributed by atoms with van der Waals surface area (Å²) in [5, 5.41) is 2.49. The first-order valence-electron chi connectivity index (χ1n) is 11.6. The molecule has 0 saturated carbocycles. The van der Waals surface area contributed by atoms with Gasteiger partial charge in [-0.1, -0.05) is 81.8 Å². The molecule has 162 valence electrons. The molecule has 31 heavy (non-hydrogen) atoms. The van der Waals surface area contributed by atoms with Crippen LogP contribution in [0.5, 0.6) is 0 Å². The lowest BCUT2D eigenvalue weighted by atomic mass is 9.93. The monoisotopic (exact) mass is 413 g/mol. The van der Waals surface area contributed by atoms with Gasteiger partial charge in [0.2, 0.25) is 5.91 Å². The fourth-order valence-electron chi connectivity index (χ4n) is 4.14. The van der Waals surface area contributed by atoms with Crippen molar-refractivity contribution in [2.45, 2.75) is 52.4 Å². The number of fused-ring (bicyclic) bond motifs is 1. The third-order valence-electron chi connectivity index (χ3n) is 6.16. The number of amides is 1. The van der Waals surface area contributed by atoms with Crippen LogP contribution in [-0.2, 0) is 24.1 Å². The van der Waals surface area contributed by atoms with Gasteiger partial charge < -0.3 is 4.90 Å². The molecule has 0 unspecified atom stereocenters. The molecule has 0 N–H and O–H groups in total. The number of rotatable bonds is 10. The highest BCUT2D eigenvalue weighted by atomic mass is 16.2. The van der Waals surface area contributed by atoms with Crippen molar-refractivity contribution >= 4 is 16.7 Å². The maximum absolute atomic E-state index is 11.7. The summed E-state index contributed by atoms with van der Waals surface area (Å²) in [5.74, 6) is -0.0340. The van der Waals surface area contributed by atoms with Crippen LogP contribution in [-0.4, -0.2) is 24.4 Å². The molecule has 0 radical (unpaired) electrons. The van der Waals surface area contributed by atoms with Crippen LogP contribution >= 0.6 is 0 Å². The van der Waals surface area contributed by atoms with Gasteiger partial charge in [0.25, 0.3) is 0 Å². The largest absolute Gasteiger partial charge is 0.342 e. The third kappa shape index (κ3) is 5.85. The first-order chi connectivity index (χ1) is 15.0. The molecule has 0 heterocycles. The Morgan fingerprint density at radius 2 is 1.58 bits per heavy atom. The van der Waals surface area contributed by atoms with Gasteiger partial charge in [0.1, 0.15) is 0 Å². The van der Waals surface area contributed by atoms with Crippen molar-refractivity contribution in [2.24, 2.45) is 0 Å². The van der Waals surface area contributed by atoms with Crippen molar-refractivity contribution in [2.75, 3.05) is 13.6 Å². The Morgan fingerprint density at radius 3 is 2.32 bits per heavy atom. The van der Waals surface area contributed by atoms with Gasteiger partial charge in [-0.25, -0.2) is 0 Å². The van der Waals surface area contributed by atoms with Crippen LogP contribution in [0.25, 0.3) is 21.9 Å². The Hall–Kier alpha value is -2.87. The lowest BCUT2D eigenvalue weighted by Crippen LogP contribution is -2.26. The standard InChI is InChI=1S/C29H35NO/c1-5-8-9-10-24-13-14-27(20-23(24)6-2)28-16-15-25-19-22(11-12-26(25)21-28)17-18-30(4)29(31)7-3/h7,11-16,19-21H,3,5-6,8-10,17-18H2,1-2,4H3. The Labute approximate surface area is 187 Å². The number of hydrogen-bond donors (Lipinski definition) is 0. The van der Waals surface area contributed by atoms with Crippen LogP contribution < -0.4 is 0 Å². The van der Waals surface area contributed by atoms with Crippen molar-refractivity contribution in [1.82, 2.24) is 4.90 Å². The Morgan fingerprint density at radius 1 is 0.871 bits per heavy atom. The van der Waals surface area contributed by atoms with Crippen molar-refractivity contribution < 1.29 is 4.79 Å². The minimum absolute atomic E-state index is 0.0340. The SMILES string of the molecule is C=CC(=O)N(C)CCc1ccc2cc(-c3ccc(CCCCC)c(CC)c3)ccc2c1. The topological polar surface area (TPSA) is 20.3 Å². The maximum Gasteiger partial charge on any atom is 0.245 e. The van der Waals surface area contributed by atoms with Crippen LogP contribution in [0.3, 0.4) is 0 Å². The zero-order valence-electron chi connectivity index (χ0n) is 19.3. The van der Waals surface area contributed by atoms with E-state index in [9.17, 15) is 4.79 Å². The van der Waals surface area contributed by atoms with E-state index in [0.717, 1.165) is 12.8 Å². The number of hydrogen-bond acceptors (Lipinski definition) is 1. The van der Waals surface area contributed by atoms with E-state index in [1.54, 1.807) is 4.90 Å². The second-order valence-electron chi connectivity index (χ2n) is 8.40. The molecule has 3 aromatic carbocycles. The van der Waals surface area contributed by atoms with Crippen LogP contribution in [0.15, 0.2) is 67.3 Å². The Bertz CT molecular complexity index is 1050. The quantitative estimate of drug-likeness (QED) is 0.259. The second-order valence-corrected chi connectivity index (χ2v) is 8.40. The first-order valence-corrected chi connectivity index (χ1v) is 11.6. The molecule has 0 saturated heterocycles. The minimum Gasteiger partial charge on any atom is -0.342 e. The van der Waals surface area contributed by atoms with Crippen LogP contribution in [0.1, 0.15) is 49.8 Å². The van der Waals surface area contributed by atoms with Gasteiger partial charge in [0.15, 0.2) is 0 Å². The molecule has 1 amide bonds. The molecule has 0 aromatic heterocycles. The minimum atomic E-state index is -0.0340. The summed E-state index contributed by atoms with van der Waals surface area (Å²) in [6.45, 7) is 8.76. The van der Waals surface area contributed by atoms with E-state index in [0.29, 0.717) is 6.54 Å². The van der Waals surface area contributed by atoms with Crippen molar-refractivity contribution in [1.29, 1.82) is 0 Å². The third-order valence-corrected chi connectivity index (χ3v) is 6.16. The molecule has 0 aliphatic carbocycles. The zero-order chi connectivity index (χ0) is 22.2. The normalized spacial score (nSPS) is 10.9. The Kier molecular flexibility index (Phi) is 8.06. The van der Waals surface area contributed by atoms with Gasteiger partial charge in [-0.3, -0.25) is 4.79 Å². The fraction of sp³-hybridized carbons (Fsp3) is 0.345. The summed E-state index contributed by atoms with van der Waals surface area (Å²) in [7, 11) is 1.82. The molecule has 0 bridgehead atoms. The highest BCUT2D eigenvalue weighted by Crippen LogP contribution is 2.28. The van der Waals surface area contributed by atoms with E-state index >= 15 is 0 Å². The van der Waals surface area contributed by atoms with E-state index in [1.165, 1.54) is 70.3 Å². The van der Waals surface area contributed by atoms with E-state index in [2.05, 4.69) is 75.0 Å². The summed E-state index contributed by atoms with van der Waals surface area (Å²) < 4.78 is 0. The Balaban J connectivity index is 1.78. The van der Waals surface area contributed by atoms with Crippen LogP contribution in [0.2, 0.25) is 0 Å². The highest BCUT2D eigenvalue weighted by molar-refractivity contribution is 5.88. The summed E-state index contributed by atoms with van der Waals surface area (Å²) in [4.78, 5) is 13.4. The van der Waals surface area contributed by atoms with E-state index in [-0.39, 0.29) is 5.91 Å². The van der Waals surface area contributed by atoms with E-state index in [4.69, 9.17) is 0 Å². The van der Waals surface area contributed by atoms with Gasteiger partial charge in [-0.15, -0.1) is 0 Å². The molecule has 3 aromatic rings. The van der Waals surface area contributed by atoms with Gasteiger partial charge in [-0.2, -0.15) is 0 Å². The number of likely N-dealkylation sites (N-methyl/N-ethyl adjacent to an activating group) is 1. The smallest absolute Gasteiger partial charge is 0.245 e. The van der Waals surface area contributed by atoms with Gasteiger partial charge in [0, 0.05) is 13.6 Å². The molecule has 0 spiro atoms. The molecule has 3 rings (SSSR count). The number of carbonyl (C=O) groups is 1. The van der Waals surface area contributed by atoms with E-state index in [1.807, 2.05) is 7.05 Å². The van der Waals surface area contributed by atoms with Crippen molar-refractivity contribution in [3.8, 4) is 11.1 Å². The van der Waals surface area contributed by atoms with E-state index < -0.39 is 0 Å². The van der Waals surface area contributed by atoms with Gasteiger partial charge in [0.05, 0.1) is 0 Å². The summed E-state index contributed by atoms with van der Waals surface area (Å²) >= 11 is 0. The van der Waals surface area contributed by atoms with Gasteiger partial charge in [-0.05, 0) is 76.4 Å². The number of carbonyl (C=O) groups excluding carboxylic acids is 1. The second kappa shape index (κ2) is 10.9. The molecule has 0 aliphatic rings. The average Bonchev–Trinajstić information content (AvgIpc) is 2.81. The maximum atomic E-state index is 11.7. The van der Waals surface area contributed by atoms with Crippen LogP contribution in [0, 0.1) is 0 Å². The van der Waals surface area contributed by atoms with Crippen molar-refractivity contribution in [3.05, 3.63) is 83.9 Å². The summed E-state index contributed by atoms with van der Waals surface area (Å²) in [5.41, 5.74) is 6.79. The molecule has 2 heteroatoms. The molecule has 0 atom stereocenters. The predicted molar refractivity (Wildman–Crippen MR) is 134 cm³/mol. The summed E-state index contributed by atoms with van der Waals surface area (Å²) in [6, 6.07) is 20.3. The molecular formula is C29H35NO. The number of nitrogens with zero attached hydrogens (tertiary/aromatic N) is 1. The molecular weight excluding hydrogens is 378 g/mol. The molecule has 0 aliphatic heterocycles. The highest BCUT2D eigenvalue weighted by Gasteiger charge is 2.07. The predicted octanol–water partition coefficient (Wildman–Crippen LogP) is 6.99.